The first-order valence-electron chi connectivity index (χ1n) is 7.64. The van der Waals surface area contributed by atoms with E-state index in [2.05, 4.69) is 15.0 Å². The van der Waals surface area contributed by atoms with E-state index in [1.165, 1.54) is 42.7 Å². The van der Waals surface area contributed by atoms with E-state index in [0.29, 0.717) is 5.69 Å². The van der Waals surface area contributed by atoms with Gasteiger partial charge in [-0.15, -0.1) is 0 Å². The Morgan fingerprint density at radius 2 is 1.63 bits per heavy atom. The molecule has 6 nitrogen and oxygen atoms in total. The predicted octanol–water partition coefficient (Wildman–Crippen LogP) is 3.93. The monoisotopic (exact) mass is 405 g/mol. The van der Waals surface area contributed by atoms with Crippen molar-refractivity contribution in [3.05, 3.63) is 83.4 Å². The molecule has 1 heterocycles. The van der Waals surface area contributed by atoms with Crippen LogP contribution in [0.1, 0.15) is 10.4 Å². The summed E-state index contributed by atoms with van der Waals surface area (Å²) in [6.45, 7) is 0. The normalized spacial score (nSPS) is 11.0. The third-order valence-corrected chi connectivity index (χ3v) is 5.38. The van der Waals surface area contributed by atoms with Gasteiger partial charge in [0.1, 0.15) is 10.7 Å². The van der Waals surface area contributed by atoms with Gasteiger partial charge in [-0.3, -0.25) is 14.5 Å². The third kappa shape index (κ3) is 4.60. The van der Waals surface area contributed by atoms with Gasteiger partial charge in [0.25, 0.3) is 15.9 Å². The van der Waals surface area contributed by atoms with E-state index in [4.69, 9.17) is 11.6 Å². The lowest BCUT2D eigenvalue weighted by Crippen LogP contribution is -2.16. The Morgan fingerprint density at radius 1 is 0.963 bits per heavy atom. The van der Waals surface area contributed by atoms with Gasteiger partial charge in [0.2, 0.25) is 0 Å². The van der Waals surface area contributed by atoms with E-state index in [1.807, 2.05) is 0 Å². The summed E-state index contributed by atoms with van der Waals surface area (Å²) < 4.78 is 40.5. The Hall–Kier alpha value is -2.97. The van der Waals surface area contributed by atoms with Crippen molar-refractivity contribution in [1.29, 1.82) is 0 Å². The highest BCUT2D eigenvalue weighted by molar-refractivity contribution is 7.92. The molecule has 2 aromatic carbocycles. The number of pyridine rings is 1. The topological polar surface area (TPSA) is 88.2 Å². The quantitative estimate of drug-likeness (QED) is 0.673. The Balaban J connectivity index is 1.88. The number of carbonyl (C=O) groups excluding carboxylic acids is 1. The molecule has 0 radical (unpaired) electrons. The predicted molar refractivity (Wildman–Crippen MR) is 101 cm³/mol. The second-order valence-corrected chi connectivity index (χ2v) is 7.51. The lowest BCUT2D eigenvalue weighted by Gasteiger charge is -2.11. The van der Waals surface area contributed by atoms with Crippen molar-refractivity contribution in [1.82, 2.24) is 4.98 Å². The number of nitrogens with zero attached hydrogens (tertiary/aromatic N) is 1. The van der Waals surface area contributed by atoms with Crippen LogP contribution in [-0.2, 0) is 10.0 Å². The average Bonchev–Trinajstić information content (AvgIpc) is 2.64. The van der Waals surface area contributed by atoms with E-state index < -0.39 is 21.7 Å². The minimum absolute atomic E-state index is 0.0509. The zero-order chi connectivity index (χ0) is 19.4. The number of sulfonamides is 1. The minimum atomic E-state index is -4.08. The number of carbonyl (C=O) groups is 1. The largest absolute Gasteiger partial charge is 0.322 e. The van der Waals surface area contributed by atoms with Crippen LogP contribution in [0.2, 0.25) is 5.02 Å². The fourth-order valence-corrected chi connectivity index (χ4v) is 3.80. The number of anilines is 2. The maximum Gasteiger partial charge on any atom is 0.263 e. The molecule has 3 rings (SSSR count). The fourth-order valence-electron chi connectivity index (χ4n) is 2.22. The molecule has 0 unspecified atom stereocenters. The van der Waals surface area contributed by atoms with Gasteiger partial charge in [0, 0.05) is 29.3 Å². The molecule has 1 amide bonds. The summed E-state index contributed by atoms with van der Waals surface area (Å²) in [6, 6.07) is 11.9. The van der Waals surface area contributed by atoms with E-state index in [0.717, 1.165) is 12.1 Å². The zero-order valence-corrected chi connectivity index (χ0v) is 15.3. The van der Waals surface area contributed by atoms with Gasteiger partial charge in [-0.1, -0.05) is 11.6 Å². The number of benzene rings is 2. The Bertz CT molecular complexity index is 1070. The number of nitrogens with one attached hydrogen (secondary N) is 2. The summed E-state index contributed by atoms with van der Waals surface area (Å²) in [5, 5.41) is 2.58. The molecule has 0 saturated carbocycles. The van der Waals surface area contributed by atoms with E-state index >= 15 is 0 Å². The Morgan fingerprint density at radius 3 is 2.30 bits per heavy atom. The molecule has 1 aromatic heterocycles. The zero-order valence-electron chi connectivity index (χ0n) is 13.7. The molecule has 0 saturated heterocycles. The molecule has 0 atom stereocenters. The maximum absolute atomic E-state index is 13.0. The number of hydrogen-bond acceptors (Lipinski definition) is 4. The molecule has 3 aromatic rings. The molecule has 0 fully saturated rings. The summed E-state index contributed by atoms with van der Waals surface area (Å²) >= 11 is 6.02. The van der Waals surface area contributed by atoms with E-state index in [1.54, 1.807) is 12.1 Å². The summed E-state index contributed by atoms with van der Waals surface area (Å²) in [5.74, 6) is -0.998. The lowest BCUT2D eigenvalue weighted by atomic mass is 10.2. The van der Waals surface area contributed by atoms with E-state index in [9.17, 15) is 17.6 Å². The van der Waals surface area contributed by atoms with Gasteiger partial charge in [0.05, 0.1) is 5.02 Å². The SMILES string of the molecule is O=C(Nc1ccncc1)c1ccc(Cl)c(S(=O)(=O)Nc2ccc(F)cc2)c1. The molecule has 0 aliphatic rings. The molecule has 0 aliphatic heterocycles. The molecule has 0 bridgehead atoms. The molecule has 2 N–H and O–H groups in total. The van der Waals surface area contributed by atoms with Crippen LogP contribution in [0.25, 0.3) is 0 Å². The first kappa shape index (κ1) is 18.8. The summed E-state index contributed by atoms with van der Waals surface area (Å²) in [5.41, 5.74) is 0.786. The van der Waals surface area contributed by atoms with Crippen molar-refractivity contribution in [2.24, 2.45) is 0 Å². The Kier molecular flexibility index (Phi) is 5.38. The first-order valence-corrected chi connectivity index (χ1v) is 9.50. The lowest BCUT2D eigenvalue weighted by molar-refractivity contribution is 0.102. The van der Waals surface area contributed by atoms with Crippen molar-refractivity contribution in [3.63, 3.8) is 0 Å². The average molecular weight is 406 g/mol. The maximum atomic E-state index is 13.0. The number of amides is 1. The van der Waals surface area contributed by atoms with Gasteiger partial charge < -0.3 is 5.32 Å². The summed E-state index contributed by atoms with van der Waals surface area (Å²) in [6.07, 6.45) is 3.03. The van der Waals surface area contributed by atoms with Crippen LogP contribution in [-0.4, -0.2) is 19.3 Å². The molecule has 0 aliphatic carbocycles. The minimum Gasteiger partial charge on any atom is -0.322 e. The van der Waals surface area contributed by atoms with Crippen molar-refractivity contribution in [2.75, 3.05) is 10.0 Å². The van der Waals surface area contributed by atoms with Crippen molar-refractivity contribution in [3.8, 4) is 0 Å². The van der Waals surface area contributed by atoms with Gasteiger partial charge in [0.15, 0.2) is 0 Å². The third-order valence-electron chi connectivity index (χ3n) is 3.52. The highest BCUT2D eigenvalue weighted by Gasteiger charge is 2.20. The highest BCUT2D eigenvalue weighted by Crippen LogP contribution is 2.25. The second-order valence-electron chi connectivity index (χ2n) is 5.45. The number of halogens is 2. The number of rotatable bonds is 5. The van der Waals surface area contributed by atoms with Crippen LogP contribution >= 0.6 is 11.6 Å². The molecule has 27 heavy (non-hydrogen) atoms. The fraction of sp³-hybridized carbons (Fsp3) is 0. The van der Waals surface area contributed by atoms with Crippen LogP contribution in [0, 0.1) is 5.82 Å². The Labute approximate surface area is 160 Å². The number of hydrogen-bond donors (Lipinski definition) is 2. The van der Waals surface area contributed by atoms with Crippen LogP contribution in [0.4, 0.5) is 15.8 Å². The van der Waals surface area contributed by atoms with E-state index in [-0.39, 0.29) is 21.2 Å². The van der Waals surface area contributed by atoms with Gasteiger partial charge in [-0.2, -0.15) is 0 Å². The van der Waals surface area contributed by atoms with Gasteiger partial charge in [-0.05, 0) is 54.6 Å². The second kappa shape index (κ2) is 7.73. The van der Waals surface area contributed by atoms with Crippen molar-refractivity contribution < 1.29 is 17.6 Å². The molecular formula is C18H13ClFN3O3S. The highest BCUT2D eigenvalue weighted by atomic mass is 35.5. The van der Waals surface area contributed by atoms with Crippen molar-refractivity contribution >= 4 is 38.9 Å². The van der Waals surface area contributed by atoms with Crippen LogP contribution < -0.4 is 10.0 Å². The molecular weight excluding hydrogens is 393 g/mol. The van der Waals surface area contributed by atoms with Gasteiger partial charge >= 0.3 is 0 Å². The summed E-state index contributed by atoms with van der Waals surface area (Å²) in [7, 11) is -4.08. The number of aromatic nitrogens is 1. The first-order chi connectivity index (χ1) is 12.8. The summed E-state index contributed by atoms with van der Waals surface area (Å²) in [4.78, 5) is 16.0. The van der Waals surface area contributed by atoms with Gasteiger partial charge in [-0.25, -0.2) is 12.8 Å². The van der Waals surface area contributed by atoms with Crippen molar-refractivity contribution in [2.45, 2.75) is 4.90 Å². The smallest absolute Gasteiger partial charge is 0.263 e. The standard InChI is InChI=1S/C18H13ClFN3O3S/c19-16-6-1-12(18(24)22-14-7-9-21-10-8-14)11-17(16)27(25,26)23-15-4-2-13(20)3-5-15/h1-11,23H,(H,21,22,24). The molecule has 0 spiro atoms. The van der Waals surface area contributed by atoms with Crippen LogP contribution in [0.3, 0.4) is 0 Å². The molecule has 9 heteroatoms. The van der Waals surface area contributed by atoms with Crippen LogP contribution in [0.5, 0.6) is 0 Å². The molecule has 138 valence electrons. The van der Waals surface area contributed by atoms with Crippen LogP contribution in [0.15, 0.2) is 71.9 Å².